The Hall–Kier alpha value is -4.08. The van der Waals surface area contributed by atoms with E-state index in [2.05, 4.69) is 9.97 Å². The van der Waals surface area contributed by atoms with Crippen LogP contribution in [0.1, 0.15) is 0 Å². The van der Waals surface area contributed by atoms with Gasteiger partial charge in [-0.2, -0.15) is 5.10 Å². The maximum atomic E-state index is 12.7. The Morgan fingerprint density at radius 2 is 1.60 bits per heavy atom. The van der Waals surface area contributed by atoms with Gasteiger partial charge in [-0.3, -0.25) is 4.98 Å². The Morgan fingerprint density at radius 3 is 2.34 bits per heavy atom. The summed E-state index contributed by atoms with van der Waals surface area (Å²) in [4.78, 5) is 9.01. The molecule has 0 atom stereocenters. The molecule has 35 heavy (non-hydrogen) atoms. The summed E-state index contributed by atoms with van der Waals surface area (Å²) in [6, 6.07) is 20.2. The first kappa shape index (κ1) is 22.7. The molecule has 5 rings (SSSR count). The van der Waals surface area contributed by atoms with Crippen LogP contribution in [0.25, 0.3) is 39.3 Å². The van der Waals surface area contributed by atoms with Gasteiger partial charge in [-0.15, -0.1) is 0 Å². The average Bonchev–Trinajstić information content (AvgIpc) is 3.29. The number of hydrogen-bond donors (Lipinski definition) is 0. The van der Waals surface area contributed by atoms with Crippen molar-refractivity contribution in [1.82, 2.24) is 23.9 Å². The Morgan fingerprint density at radius 1 is 0.857 bits per heavy atom. The van der Waals surface area contributed by atoms with Crippen molar-refractivity contribution in [3.63, 3.8) is 0 Å². The number of aromatic nitrogens is 4. The van der Waals surface area contributed by atoms with Crippen LogP contribution in [0.5, 0.6) is 5.75 Å². The van der Waals surface area contributed by atoms with Gasteiger partial charge in [0.2, 0.25) is 10.0 Å². The van der Waals surface area contributed by atoms with Crippen LogP contribution in [0.3, 0.4) is 0 Å². The number of ether oxygens (including phenoxy) is 1. The number of rotatable bonds is 6. The van der Waals surface area contributed by atoms with Crippen LogP contribution in [-0.4, -0.2) is 53.5 Å². The van der Waals surface area contributed by atoms with Crippen molar-refractivity contribution in [2.75, 3.05) is 21.2 Å². The van der Waals surface area contributed by atoms with Gasteiger partial charge in [0.05, 0.1) is 23.3 Å². The number of hydrogen-bond acceptors (Lipinski definition) is 6. The summed E-state index contributed by atoms with van der Waals surface area (Å²) >= 11 is 0. The summed E-state index contributed by atoms with van der Waals surface area (Å²) in [5, 5.41) is 4.94. The zero-order valence-electron chi connectivity index (χ0n) is 19.5. The molecule has 0 unspecified atom stereocenters. The number of nitrogens with zero attached hydrogens (tertiary/aromatic N) is 5. The lowest BCUT2D eigenvalue weighted by Crippen LogP contribution is -2.22. The largest absolute Gasteiger partial charge is 0.497 e. The minimum atomic E-state index is -3.59. The Kier molecular flexibility index (Phi) is 5.80. The molecule has 0 spiro atoms. The lowest BCUT2D eigenvalue weighted by atomic mass is 10.0. The maximum absolute atomic E-state index is 12.7. The van der Waals surface area contributed by atoms with Crippen LogP contribution >= 0.6 is 0 Å². The summed E-state index contributed by atoms with van der Waals surface area (Å²) in [5.41, 5.74) is 5.43. The first-order valence-electron chi connectivity index (χ1n) is 10.9. The van der Waals surface area contributed by atoms with E-state index < -0.39 is 10.0 Å². The first-order chi connectivity index (χ1) is 16.9. The van der Waals surface area contributed by atoms with Gasteiger partial charge in [0.25, 0.3) is 0 Å². The second-order valence-electron chi connectivity index (χ2n) is 8.07. The first-order valence-corrected chi connectivity index (χ1v) is 12.3. The molecule has 0 radical (unpaired) electrons. The SMILES string of the molecule is COc1cccc(-c2c(-c3ccncc3)nn3c(-c4cccc(S(=O)(=O)N(C)C)c4)ccnc23)c1. The van der Waals surface area contributed by atoms with E-state index in [1.807, 2.05) is 48.5 Å². The zero-order chi connectivity index (χ0) is 24.6. The van der Waals surface area contributed by atoms with E-state index in [-0.39, 0.29) is 4.90 Å². The van der Waals surface area contributed by atoms with Crippen LogP contribution in [0, 0.1) is 0 Å². The normalized spacial score (nSPS) is 11.8. The molecule has 0 bridgehead atoms. The van der Waals surface area contributed by atoms with E-state index in [0.717, 1.165) is 33.8 Å². The van der Waals surface area contributed by atoms with Crippen molar-refractivity contribution in [1.29, 1.82) is 0 Å². The highest BCUT2D eigenvalue weighted by Crippen LogP contribution is 2.37. The van der Waals surface area contributed by atoms with Crippen LogP contribution in [0.15, 0.2) is 90.2 Å². The van der Waals surface area contributed by atoms with Crippen molar-refractivity contribution in [3.05, 3.63) is 85.3 Å². The highest BCUT2D eigenvalue weighted by atomic mass is 32.2. The monoisotopic (exact) mass is 485 g/mol. The third-order valence-electron chi connectivity index (χ3n) is 5.74. The fourth-order valence-electron chi connectivity index (χ4n) is 3.95. The minimum absolute atomic E-state index is 0.208. The van der Waals surface area contributed by atoms with Crippen LogP contribution in [0.2, 0.25) is 0 Å². The molecule has 176 valence electrons. The average molecular weight is 486 g/mol. The van der Waals surface area contributed by atoms with Gasteiger partial charge in [0, 0.05) is 43.8 Å². The van der Waals surface area contributed by atoms with Gasteiger partial charge in [0.1, 0.15) is 11.4 Å². The summed E-state index contributed by atoms with van der Waals surface area (Å²) in [7, 11) is 1.07. The van der Waals surface area contributed by atoms with Gasteiger partial charge in [0.15, 0.2) is 5.65 Å². The smallest absolute Gasteiger partial charge is 0.242 e. The van der Waals surface area contributed by atoms with Crippen LogP contribution in [-0.2, 0) is 10.0 Å². The molecular weight excluding hydrogens is 462 g/mol. The van der Waals surface area contributed by atoms with Crippen molar-refractivity contribution >= 4 is 15.7 Å². The molecule has 3 heterocycles. The Balaban J connectivity index is 1.79. The lowest BCUT2D eigenvalue weighted by Gasteiger charge is -2.12. The molecule has 0 aliphatic heterocycles. The quantitative estimate of drug-likeness (QED) is 0.355. The van der Waals surface area contributed by atoms with E-state index in [4.69, 9.17) is 9.84 Å². The third-order valence-corrected chi connectivity index (χ3v) is 7.55. The fraction of sp³-hybridized carbons (Fsp3) is 0.115. The predicted molar refractivity (Wildman–Crippen MR) is 135 cm³/mol. The molecule has 2 aromatic carbocycles. The van der Waals surface area contributed by atoms with Gasteiger partial charge in [-0.05, 0) is 48.0 Å². The third kappa shape index (κ3) is 4.05. The van der Waals surface area contributed by atoms with Crippen molar-refractivity contribution in [2.24, 2.45) is 0 Å². The number of pyridine rings is 1. The Bertz CT molecular complexity index is 1630. The second-order valence-corrected chi connectivity index (χ2v) is 10.2. The minimum Gasteiger partial charge on any atom is -0.497 e. The van der Waals surface area contributed by atoms with Crippen LogP contribution in [0.4, 0.5) is 0 Å². The molecular formula is C26H23N5O3S. The fourth-order valence-corrected chi connectivity index (χ4v) is 4.89. The summed E-state index contributed by atoms with van der Waals surface area (Å²) < 4.78 is 33.9. The molecule has 0 amide bonds. The topological polar surface area (TPSA) is 89.7 Å². The van der Waals surface area contributed by atoms with Crippen molar-refractivity contribution in [2.45, 2.75) is 4.90 Å². The molecule has 5 aromatic rings. The molecule has 9 heteroatoms. The van der Waals surface area contributed by atoms with E-state index in [9.17, 15) is 8.42 Å². The van der Waals surface area contributed by atoms with E-state index in [1.54, 1.807) is 48.4 Å². The molecule has 0 saturated carbocycles. The lowest BCUT2D eigenvalue weighted by molar-refractivity contribution is 0.415. The molecule has 3 aromatic heterocycles. The van der Waals surface area contributed by atoms with Crippen molar-refractivity contribution < 1.29 is 13.2 Å². The highest BCUT2D eigenvalue weighted by molar-refractivity contribution is 7.89. The molecule has 0 N–H and O–H groups in total. The standard InChI is InChI=1S/C26H23N5O3S/c1-30(2)35(32,33)22-9-5-6-19(17-22)23-12-15-28-26-24(20-7-4-8-21(16-20)34-3)25(29-31(23)26)18-10-13-27-14-11-18/h4-17H,1-3H3. The van der Waals surface area contributed by atoms with Gasteiger partial charge >= 0.3 is 0 Å². The Labute approximate surface area is 203 Å². The molecule has 0 aliphatic carbocycles. The number of fused-ring (bicyclic) bond motifs is 1. The zero-order valence-corrected chi connectivity index (χ0v) is 20.3. The molecule has 8 nitrogen and oxygen atoms in total. The van der Waals surface area contributed by atoms with Gasteiger partial charge < -0.3 is 4.74 Å². The number of sulfonamides is 1. The van der Waals surface area contributed by atoms with E-state index in [1.165, 1.54) is 18.4 Å². The predicted octanol–water partition coefficient (Wildman–Crippen LogP) is 4.38. The van der Waals surface area contributed by atoms with Gasteiger partial charge in [-0.25, -0.2) is 22.2 Å². The summed E-state index contributed by atoms with van der Waals surface area (Å²) in [6.45, 7) is 0. The van der Waals surface area contributed by atoms with Gasteiger partial charge in [-0.1, -0.05) is 24.3 Å². The van der Waals surface area contributed by atoms with E-state index in [0.29, 0.717) is 11.2 Å². The molecule has 0 saturated heterocycles. The van der Waals surface area contributed by atoms with Crippen LogP contribution < -0.4 is 4.74 Å². The van der Waals surface area contributed by atoms with Crippen molar-refractivity contribution in [3.8, 4) is 39.4 Å². The molecule has 0 aliphatic rings. The number of benzene rings is 2. The second kappa shape index (κ2) is 8.94. The van der Waals surface area contributed by atoms with E-state index >= 15 is 0 Å². The summed E-state index contributed by atoms with van der Waals surface area (Å²) in [5.74, 6) is 0.722. The molecule has 0 fully saturated rings. The highest BCUT2D eigenvalue weighted by Gasteiger charge is 2.22. The summed E-state index contributed by atoms with van der Waals surface area (Å²) in [6.07, 6.45) is 5.15. The number of methoxy groups -OCH3 is 1. The maximum Gasteiger partial charge on any atom is 0.242 e.